The number of carbonyl (C=O) groups excluding carboxylic acids is 2. The van der Waals surface area contributed by atoms with Crippen molar-refractivity contribution in [3.05, 3.63) is 29.1 Å². The van der Waals surface area contributed by atoms with Gasteiger partial charge in [0.15, 0.2) is 0 Å². The van der Waals surface area contributed by atoms with Crippen LogP contribution in [-0.4, -0.2) is 31.6 Å². The smallest absolute Gasteiger partial charge is 0.321 e. The number of imide groups is 1. The molecule has 0 aliphatic carbocycles. The molecule has 114 valence electrons. The number of hydrogen-bond acceptors (Lipinski definition) is 3. The van der Waals surface area contributed by atoms with Crippen molar-refractivity contribution in [1.29, 1.82) is 0 Å². The van der Waals surface area contributed by atoms with Crippen LogP contribution in [0.2, 0.25) is 0 Å². The maximum Gasteiger partial charge on any atom is 0.321 e. The zero-order valence-corrected chi connectivity index (χ0v) is 12.3. The maximum absolute atomic E-state index is 13.9. The first-order valence-electron chi connectivity index (χ1n) is 7.13. The topological polar surface area (TPSA) is 61.4 Å². The summed E-state index contributed by atoms with van der Waals surface area (Å²) >= 11 is 0. The van der Waals surface area contributed by atoms with E-state index < -0.39 is 11.9 Å². The summed E-state index contributed by atoms with van der Waals surface area (Å²) in [6.45, 7) is 4.86. The van der Waals surface area contributed by atoms with Crippen molar-refractivity contribution in [2.75, 3.05) is 24.5 Å². The zero-order valence-electron chi connectivity index (χ0n) is 12.3. The van der Waals surface area contributed by atoms with Gasteiger partial charge in [0.05, 0.1) is 6.54 Å². The highest BCUT2D eigenvalue weighted by atomic mass is 19.1. The van der Waals surface area contributed by atoms with Gasteiger partial charge in [0, 0.05) is 24.3 Å². The summed E-state index contributed by atoms with van der Waals surface area (Å²) in [6, 6.07) is 2.68. The molecule has 0 bridgehead atoms. The number of anilines is 1. The van der Waals surface area contributed by atoms with Gasteiger partial charge in [0.25, 0.3) is 0 Å². The molecule has 1 aromatic carbocycles. The van der Waals surface area contributed by atoms with Crippen LogP contribution < -0.4 is 15.5 Å². The van der Waals surface area contributed by atoms with E-state index in [-0.39, 0.29) is 12.4 Å². The molecule has 0 saturated carbocycles. The lowest BCUT2D eigenvalue weighted by Crippen LogP contribution is -2.45. The second-order valence-corrected chi connectivity index (χ2v) is 5.12. The fourth-order valence-electron chi connectivity index (χ4n) is 2.67. The number of halogens is 1. The molecule has 0 aromatic heterocycles. The van der Waals surface area contributed by atoms with Crippen LogP contribution in [0.1, 0.15) is 24.5 Å². The Morgan fingerprint density at radius 3 is 2.86 bits per heavy atom. The van der Waals surface area contributed by atoms with Crippen molar-refractivity contribution >= 4 is 17.6 Å². The zero-order chi connectivity index (χ0) is 15.4. The van der Waals surface area contributed by atoms with Crippen LogP contribution in [0, 0.1) is 12.7 Å². The minimum Gasteiger partial charge on any atom is -0.362 e. The lowest BCUT2D eigenvalue weighted by Gasteiger charge is -2.32. The third-order valence-corrected chi connectivity index (χ3v) is 3.52. The van der Waals surface area contributed by atoms with Crippen molar-refractivity contribution in [2.24, 2.45) is 0 Å². The SMILES string of the molecule is CCNC(=O)NC(=O)CN1CCCc2c(F)ccc(C)c21. The minimum atomic E-state index is -0.504. The standard InChI is InChI=1S/C15H20FN3O2/c1-3-17-15(21)18-13(20)9-19-8-4-5-11-12(16)7-6-10(2)14(11)19/h6-7H,3-5,8-9H2,1-2H3,(H2,17,18,20,21). The van der Waals surface area contributed by atoms with Gasteiger partial charge in [0.1, 0.15) is 5.82 Å². The molecule has 0 radical (unpaired) electrons. The predicted molar refractivity (Wildman–Crippen MR) is 78.9 cm³/mol. The number of rotatable bonds is 3. The molecule has 2 N–H and O–H groups in total. The molecule has 2 rings (SSSR count). The molecular formula is C15H20FN3O2. The summed E-state index contributed by atoms with van der Waals surface area (Å²) in [4.78, 5) is 25.1. The first-order valence-corrected chi connectivity index (χ1v) is 7.13. The Kier molecular flexibility index (Phi) is 4.77. The number of urea groups is 1. The number of hydrogen-bond donors (Lipinski definition) is 2. The van der Waals surface area contributed by atoms with E-state index in [9.17, 15) is 14.0 Å². The van der Waals surface area contributed by atoms with E-state index in [1.807, 2.05) is 11.8 Å². The Hall–Kier alpha value is -2.11. The van der Waals surface area contributed by atoms with Gasteiger partial charge in [-0.1, -0.05) is 6.07 Å². The second kappa shape index (κ2) is 6.56. The van der Waals surface area contributed by atoms with Crippen molar-refractivity contribution in [1.82, 2.24) is 10.6 Å². The summed E-state index contributed by atoms with van der Waals surface area (Å²) in [5.74, 6) is -0.623. The molecule has 1 aliphatic heterocycles. The van der Waals surface area contributed by atoms with Crippen LogP contribution in [0.25, 0.3) is 0 Å². The predicted octanol–water partition coefficient (Wildman–Crippen LogP) is 1.73. The van der Waals surface area contributed by atoms with Crippen molar-refractivity contribution < 1.29 is 14.0 Å². The maximum atomic E-state index is 13.9. The number of nitrogens with one attached hydrogen (secondary N) is 2. The monoisotopic (exact) mass is 293 g/mol. The molecule has 21 heavy (non-hydrogen) atoms. The first kappa shape index (κ1) is 15.3. The quantitative estimate of drug-likeness (QED) is 0.892. The highest BCUT2D eigenvalue weighted by molar-refractivity contribution is 5.96. The summed E-state index contributed by atoms with van der Waals surface area (Å²) in [7, 11) is 0. The van der Waals surface area contributed by atoms with Crippen molar-refractivity contribution in [3.63, 3.8) is 0 Å². The van der Waals surface area contributed by atoms with Gasteiger partial charge in [-0.15, -0.1) is 0 Å². The highest BCUT2D eigenvalue weighted by Gasteiger charge is 2.23. The lowest BCUT2D eigenvalue weighted by molar-refractivity contribution is -0.118. The van der Waals surface area contributed by atoms with Crippen molar-refractivity contribution in [2.45, 2.75) is 26.7 Å². The lowest BCUT2D eigenvalue weighted by atomic mass is 9.97. The fraction of sp³-hybridized carbons (Fsp3) is 0.467. The molecule has 6 heteroatoms. The number of carbonyl (C=O) groups is 2. The van der Waals surface area contributed by atoms with Gasteiger partial charge in [-0.25, -0.2) is 9.18 Å². The summed E-state index contributed by atoms with van der Waals surface area (Å²) in [6.07, 6.45) is 1.47. The number of aryl methyl sites for hydroxylation is 1. The largest absolute Gasteiger partial charge is 0.362 e. The van der Waals surface area contributed by atoms with Gasteiger partial charge >= 0.3 is 6.03 Å². The van der Waals surface area contributed by atoms with E-state index >= 15 is 0 Å². The minimum absolute atomic E-state index is 0.0500. The van der Waals surface area contributed by atoms with Crippen LogP contribution in [0.5, 0.6) is 0 Å². The molecule has 1 heterocycles. The van der Waals surface area contributed by atoms with Gasteiger partial charge in [0.2, 0.25) is 5.91 Å². The third-order valence-electron chi connectivity index (χ3n) is 3.52. The van der Waals surface area contributed by atoms with Crippen molar-refractivity contribution in [3.8, 4) is 0 Å². The van der Waals surface area contributed by atoms with Crippen LogP contribution in [0.3, 0.4) is 0 Å². The average Bonchev–Trinajstić information content (AvgIpc) is 2.43. The average molecular weight is 293 g/mol. The second-order valence-electron chi connectivity index (χ2n) is 5.12. The number of benzene rings is 1. The molecule has 1 aromatic rings. The fourth-order valence-corrected chi connectivity index (χ4v) is 2.67. The first-order chi connectivity index (χ1) is 10.0. The van der Waals surface area contributed by atoms with Gasteiger partial charge in [-0.3, -0.25) is 10.1 Å². The summed E-state index contributed by atoms with van der Waals surface area (Å²) in [5, 5.41) is 4.77. The highest BCUT2D eigenvalue weighted by Crippen LogP contribution is 2.32. The van der Waals surface area contributed by atoms with Crippen LogP contribution in [0.15, 0.2) is 12.1 Å². The van der Waals surface area contributed by atoms with Gasteiger partial charge < -0.3 is 10.2 Å². The van der Waals surface area contributed by atoms with Crippen LogP contribution in [0.4, 0.5) is 14.9 Å². The molecule has 0 unspecified atom stereocenters. The molecule has 0 fully saturated rings. The Morgan fingerprint density at radius 2 is 2.14 bits per heavy atom. The number of amides is 3. The van der Waals surface area contributed by atoms with E-state index in [2.05, 4.69) is 10.6 Å². The molecule has 0 spiro atoms. The van der Waals surface area contributed by atoms with E-state index in [0.717, 1.165) is 17.7 Å². The molecule has 1 aliphatic rings. The van der Waals surface area contributed by atoms with Gasteiger partial charge in [-0.2, -0.15) is 0 Å². The van der Waals surface area contributed by atoms with E-state index in [0.29, 0.717) is 25.1 Å². The summed E-state index contributed by atoms with van der Waals surface area (Å²) in [5.41, 5.74) is 2.39. The molecule has 3 amide bonds. The normalized spacial score (nSPS) is 13.6. The molecule has 5 nitrogen and oxygen atoms in total. The molecule has 0 saturated heterocycles. The van der Waals surface area contributed by atoms with Gasteiger partial charge in [-0.05, 0) is 38.3 Å². The molecule has 0 atom stereocenters. The third kappa shape index (κ3) is 3.51. The Balaban J connectivity index is 2.12. The summed E-state index contributed by atoms with van der Waals surface area (Å²) < 4.78 is 13.9. The van der Waals surface area contributed by atoms with Crippen LogP contribution in [-0.2, 0) is 11.2 Å². The Labute approximate surface area is 123 Å². The Morgan fingerprint density at radius 1 is 1.38 bits per heavy atom. The van der Waals surface area contributed by atoms with E-state index in [4.69, 9.17) is 0 Å². The molecular weight excluding hydrogens is 273 g/mol. The number of nitrogens with zero attached hydrogens (tertiary/aromatic N) is 1. The number of fused-ring (bicyclic) bond motifs is 1. The van der Waals surface area contributed by atoms with Crippen LogP contribution >= 0.6 is 0 Å². The van der Waals surface area contributed by atoms with E-state index in [1.165, 1.54) is 6.07 Å². The van der Waals surface area contributed by atoms with E-state index in [1.54, 1.807) is 13.0 Å². The Bertz CT molecular complexity index is 560.